The van der Waals surface area contributed by atoms with Crippen molar-refractivity contribution < 1.29 is 13.2 Å². The summed E-state index contributed by atoms with van der Waals surface area (Å²) >= 11 is 0. The van der Waals surface area contributed by atoms with Crippen LogP contribution in [0.2, 0.25) is 0 Å². The van der Waals surface area contributed by atoms with Crippen LogP contribution in [-0.4, -0.2) is 29.6 Å². The SMILES string of the molecule is Nc1cccc(C(F)(F)F)c1.[NaH]. The van der Waals surface area contributed by atoms with E-state index < -0.39 is 11.7 Å². The third kappa shape index (κ3) is 3.05. The molecule has 1 aromatic rings. The van der Waals surface area contributed by atoms with Crippen LogP contribution >= 0.6 is 0 Å². The topological polar surface area (TPSA) is 26.0 Å². The second-order valence-corrected chi connectivity index (χ2v) is 2.12. The number of anilines is 1. The molecule has 0 aliphatic rings. The zero-order valence-corrected chi connectivity index (χ0v) is 5.52. The predicted molar refractivity (Wildman–Crippen MR) is 43.0 cm³/mol. The van der Waals surface area contributed by atoms with Crippen molar-refractivity contribution in [3.05, 3.63) is 29.8 Å². The van der Waals surface area contributed by atoms with Crippen LogP contribution in [0.15, 0.2) is 24.3 Å². The van der Waals surface area contributed by atoms with E-state index in [1.165, 1.54) is 12.1 Å². The van der Waals surface area contributed by atoms with E-state index in [0.717, 1.165) is 12.1 Å². The molecule has 0 aromatic heterocycles. The summed E-state index contributed by atoms with van der Waals surface area (Å²) in [6.45, 7) is 0. The third-order valence-corrected chi connectivity index (χ3v) is 1.21. The average Bonchev–Trinajstić information content (AvgIpc) is 1.86. The first-order chi connectivity index (χ1) is 5.00. The quantitative estimate of drug-likeness (QED) is 0.482. The molecule has 2 N–H and O–H groups in total. The van der Waals surface area contributed by atoms with Crippen molar-refractivity contribution >= 4 is 35.2 Å². The van der Waals surface area contributed by atoms with Crippen molar-refractivity contribution in [1.29, 1.82) is 0 Å². The van der Waals surface area contributed by atoms with E-state index in [-0.39, 0.29) is 35.2 Å². The first-order valence-electron chi connectivity index (χ1n) is 2.93. The van der Waals surface area contributed by atoms with Crippen LogP contribution in [0, 0.1) is 0 Å². The first kappa shape index (κ1) is 11.8. The van der Waals surface area contributed by atoms with Crippen LogP contribution in [0.25, 0.3) is 0 Å². The second kappa shape index (κ2) is 4.16. The molecule has 62 valence electrons. The van der Waals surface area contributed by atoms with Gasteiger partial charge in [-0.25, -0.2) is 0 Å². The van der Waals surface area contributed by atoms with Crippen molar-refractivity contribution in [1.82, 2.24) is 0 Å². The number of benzene rings is 1. The fourth-order valence-electron chi connectivity index (χ4n) is 0.715. The first-order valence-corrected chi connectivity index (χ1v) is 2.93. The standard InChI is InChI=1S/C7H6F3N.Na.H/c8-7(9,10)5-2-1-3-6(11)4-5;;/h1-4H,11H2;;. The van der Waals surface area contributed by atoms with Gasteiger partial charge in [-0.05, 0) is 18.2 Å². The molecule has 0 amide bonds. The number of alkyl halides is 3. The van der Waals surface area contributed by atoms with Crippen molar-refractivity contribution in [3.63, 3.8) is 0 Å². The van der Waals surface area contributed by atoms with Gasteiger partial charge in [-0.2, -0.15) is 13.2 Å². The van der Waals surface area contributed by atoms with E-state index in [0.29, 0.717) is 0 Å². The van der Waals surface area contributed by atoms with E-state index in [1.54, 1.807) is 0 Å². The minimum absolute atomic E-state index is 0. The molecule has 0 unspecified atom stereocenters. The van der Waals surface area contributed by atoms with E-state index >= 15 is 0 Å². The number of nitrogens with two attached hydrogens (primary N) is 1. The van der Waals surface area contributed by atoms with Gasteiger partial charge in [0.2, 0.25) is 0 Å². The Balaban J connectivity index is 0.00000121. The Bertz CT molecular complexity index is 259. The molecule has 0 aliphatic carbocycles. The number of rotatable bonds is 0. The van der Waals surface area contributed by atoms with Crippen molar-refractivity contribution in [2.45, 2.75) is 6.18 Å². The van der Waals surface area contributed by atoms with Gasteiger partial charge in [0.15, 0.2) is 0 Å². The molecule has 0 aliphatic heterocycles. The van der Waals surface area contributed by atoms with Gasteiger partial charge >= 0.3 is 35.7 Å². The summed E-state index contributed by atoms with van der Waals surface area (Å²) in [7, 11) is 0. The molecule has 0 spiro atoms. The summed E-state index contributed by atoms with van der Waals surface area (Å²) in [6.07, 6.45) is -4.30. The molecule has 0 fully saturated rings. The molecule has 12 heavy (non-hydrogen) atoms. The van der Waals surface area contributed by atoms with Crippen molar-refractivity contribution in [2.24, 2.45) is 0 Å². The normalized spacial score (nSPS) is 10.6. The summed E-state index contributed by atoms with van der Waals surface area (Å²) in [6, 6.07) is 4.57. The maximum absolute atomic E-state index is 11.9. The van der Waals surface area contributed by atoms with Gasteiger partial charge in [-0.15, -0.1) is 0 Å². The van der Waals surface area contributed by atoms with Crippen LogP contribution in [0.3, 0.4) is 0 Å². The molecule has 0 bridgehead atoms. The Morgan fingerprint density at radius 2 is 1.75 bits per heavy atom. The van der Waals surface area contributed by atoms with E-state index in [1.807, 2.05) is 0 Å². The summed E-state index contributed by atoms with van der Waals surface area (Å²) in [5, 5.41) is 0. The van der Waals surface area contributed by atoms with Gasteiger partial charge in [-0.3, -0.25) is 0 Å². The molecule has 0 saturated carbocycles. The van der Waals surface area contributed by atoms with Crippen molar-refractivity contribution in [3.8, 4) is 0 Å². The molecule has 1 aromatic carbocycles. The molecule has 0 radical (unpaired) electrons. The summed E-state index contributed by atoms with van der Waals surface area (Å²) in [4.78, 5) is 0. The minimum atomic E-state index is -4.30. The van der Waals surface area contributed by atoms with Crippen LogP contribution < -0.4 is 5.73 Å². The fraction of sp³-hybridized carbons (Fsp3) is 0.143. The maximum atomic E-state index is 11.9. The number of nitrogen functional groups attached to an aromatic ring is 1. The van der Waals surface area contributed by atoms with Crippen LogP contribution in [0.5, 0.6) is 0 Å². The summed E-state index contributed by atoms with van der Waals surface area (Å²) in [5.74, 6) is 0. The number of halogens is 3. The molecule has 0 heterocycles. The fourth-order valence-corrected chi connectivity index (χ4v) is 0.715. The third-order valence-electron chi connectivity index (χ3n) is 1.21. The summed E-state index contributed by atoms with van der Waals surface area (Å²) in [5.41, 5.74) is 4.57. The molecule has 0 atom stereocenters. The van der Waals surface area contributed by atoms with E-state index in [2.05, 4.69) is 0 Å². The molecule has 1 nitrogen and oxygen atoms in total. The van der Waals surface area contributed by atoms with Gasteiger partial charge in [0.25, 0.3) is 0 Å². The van der Waals surface area contributed by atoms with Crippen LogP contribution in [0.1, 0.15) is 5.56 Å². The van der Waals surface area contributed by atoms with E-state index in [9.17, 15) is 13.2 Å². The summed E-state index contributed by atoms with van der Waals surface area (Å²) < 4.78 is 35.7. The number of hydrogen-bond acceptors (Lipinski definition) is 1. The molecule has 5 heteroatoms. The van der Waals surface area contributed by atoms with Gasteiger partial charge in [0.1, 0.15) is 0 Å². The van der Waals surface area contributed by atoms with Gasteiger partial charge < -0.3 is 5.73 Å². The Hall–Kier alpha value is -0.190. The Morgan fingerprint density at radius 3 is 2.08 bits per heavy atom. The van der Waals surface area contributed by atoms with E-state index in [4.69, 9.17) is 5.73 Å². The van der Waals surface area contributed by atoms with Gasteiger partial charge in [0, 0.05) is 5.69 Å². The average molecular weight is 185 g/mol. The predicted octanol–water partition coefficient (Wildman–Crippen LogP) is 1.64. The molecule has 1 rings (SSSR count). The molecular formula is C7H7F3NNa. The molecule has 0 saturated heterocycles. The monoisotopic (exact) mass is 185 g/mol. The van der Waals surface area contributed by atoms with Crippen molar-refractivity contribution in [2.75, 3.05) is 5.73 Å². The van der Waals surface area contributed by atoms with Crippen LogP contribution in [0.4, 0.5) is 18.9 Å². The Kier molecular flexibility index (Phi) is 4.10. The Labute approximate surface area is 90.0 Å². The zero-order chi connectivity index (χ0) is 8.48. The Morgan fingerprint density at radius 1 is 1.17 bits per heavy atom. The van der Waals surface area contributed by atoms with Gasteiger partial charge in [0.05, 0.1) is 5.56 Å². The second-order valence-electron chi connectivity index (χ2n) is 2.12. The zero-order valence-electron chi connectivity index (χ0n) is 5.52. The number of hydrogen-bond donors (Lipinski definition) is 1. The van der Waals surface area contributed by atoms with Gasteiger partial charge in [-0.1, -0.05) is 6.07 Å². The molecular weight excluding hydrogens is 178 g/mol. The van der Waals surface area contributed by atoms with Crippen LogP contribution in [-0.2, 0) is 6.18 Å².